The van der Waals surface area contributed by atoms with Crippen LogP contribution >= 0.6 is 0 Å². The molecule has 1 aliphatic heterocycles. The molecule has 9 nitrogen and oxygen atoms in total. The lowest BCUT2D eigenvalue weighted by Gasteiger charge is -2.38. The number of hydrogen-bond acceptors (Lipinski definition) is 6. The summed E-state index contributed by atoms with van der Waals surface area (Å²) in [5.41, 5.74) is 4.59. The summed E-state index contributed by atoms with van der Waals surface area (Å²) in [5, 5.41) is 13.0. The molecule has 0 saturated carbocycles. The highest BCUT2D eigenvalue weighted by molar-refractivity contribution is 5.93. The summed E-state index contributed by atoms with van der Waals surface area (Å²) >= 11 is 0. The molecule has 4 N–H and O–H groups in total. The van der Waals surface area contributed by atoms with Gasteiger partial charge in [0.25, 0.3) is 0 Å². The topological polar surface area (TPSA) is 128 Å². The number of unbranched alkanes of at least 4 members (excludes halogenated alkanes) is 2. The number of ketones is 1. The Bertz CT molecular complexity index is 596. The van der Waals surface area contributed by atoms with E-state index in [1.54, 1.807) is 12.4 Å². The number of hydroxylamine groups is 1. The second-order valence-corrected chi connectivity index (χ2v) is 8.26. The predicted octanol–water partition coefficient (Wildman–Crippen LogP) is 1.69. The molecule has 0 spiro atoms. The van der Waals surface area contributed by atoms with Crippen LogP contribution in [0.15, 0.2) is 0 Å². The zero-order chi connectivity index (χ0) is 22.7. The standard InChI is InChI=1S/C21H38N4O5/c1-5-7-8-10-15(13-18(27)24-30)21(29)25-16(11-9-12-22-25)20(28)23-19(14(3)4)17(26)6-2/h14-16,19,22,30H,5-13H2,1-4H3,(H,23,28)(H,24,27)/t15-,16+,19+/m1/s1. The zero-order valence-electron chi connectivity index (χ0n) is 18.7. The summed E-state index contributed by atoms with van der Waals surface area (Å²) in [4.78, 5) is 50.2. The molecule has 1 saturated heterocycles. The van der Waals surface area contributed by atoms with E-state index in [2.05, 4.69) is 10.7 Å². The van der Waals surface area contributed by atoms with E-state index >= 15 is 0 Å². The second kappa shape index (κ2) is 13.3. The third-order valence-electron chi connectivity index (χ3n) is 5.51. The SMILES string of the molecule is CCCCC[C@H](CC(=O)NO)C(=O)N1NCCC[C@H]1C(=O)N[C@H](C(=O)CC)C(C)C. The average Bonchev–Trinajstić information content (AvgIpc) is 2.75. The van der Waals surface area contributed by atoms with Crippen LogP contribution in [0.25, 0.3) is 0 Å². The number of Topliss-reactive ketones (excluding diaryl/α,β-unsaturated/α-hetero) is 1. The van der Waals surface area contributed by atoms with Crippen molar-refractivity contribution in [1.29, 1.82) is 0 Å². The minimum Gasteiger partial charge on any atom is -0.344 e. The summed E-state index contributed by atoms with van der Waals surface area (Å²) in [7, 11) is 0. The highest BCUT2D eigenvalue weighted by Gasteiger charge is 2.37. The molecular formula is C21H38N4O5. The monoisotopic (exact) mass is 426 g/mol. The van der Waals surface area contributed by atoms with Crippen LogP contribution in [0.1, 0.15) is 79.1 Å². The molecule has 1 fully saturated rings. The summed E-state index contributed by atoms with van der Waals surface area (Å²) in [5.74, 6) is -2.07. The van der Waals surface area contributed by atoms with Crippen molar-refractivity contribution in [1.82, 2.24) is 21.2 Å². The van der Waals surface area contributed by atoms with E-state index in [1.807, 2.05) is 20.8 Å². The molecular weight excluding hydrogens is 388 g/mol. The first-order chi connectivity index (χ1) is 14.3. The third kappa shape index (κ3) is 7.68. The van der Waals surface area contributed by atoms with Gasteiger partial charge in [-0.2, -0.15) is 0 Å². The molecule has 0 aromatic heterocycles. The van der Waals surface area contributed by atoms with Gasteiger partial charge in [0.15, 0.2) is 5.78 Å². The first kappa shape index (κ1) is 26.0. The number of carbonyl (C=O) groups excluding carboxylic acids is 4. The van der Waals surface area contributed by atoms with E-state index in [-0.39, 0.29) is 29.9 Å². The van der Waals surface area contributed by atoms with Crippen LogP contribution in [0, 0.1) is 11.8 Å². The van der Waals surface area contributed by atoms with Crippen molar-refractivity contribution in [2.45, 2.75) is 91.1 Å². The predicted molar refractivity (Wildman–Crippen MR) is 112 cm³/mol. The van der Waals surface area contributed by atoms with Gasteiger partial charge in [-0.05, 0) is 25.2 Å². The molecule has 1 heterocycles. The summed E-state index contributed by atoms with van der Waals surface area (Å²) in [6, 6.07) is -1.34. The van der Waals surface area contributed by atoms with Crippen LogP contribution in [-0.4, -0.2) is 52.3 Å². The molecule has 1 rings (SSSR count). The molecule has 0 bridgehead atoms. The van der Waals surface area contributed by atoms with Crippen molar-refractivity contribution < 1.29 is 24.4 Å². The van der Waals surface area contributed by atoms with Crippen molar-refractivity contribution in [2.75, 3.05) is 6.54 Å². The fourth-order valence-electron chi connectivity index (χ4n) is 3.72. The minimum atomic E-state index is -0.747. The highest BCUT2D eigenvalue weighted by Crippen LogP contribution is 2.21. The Labute approximate surface area is 179 Å². The number of carbonyl (C=O) groups is 4. The van der Waals surface area contributed by atoms with E-state index in [0.29, 0.717) is 32.2 Å². The number of nitrogens with zero attached hydrogens (tertiary/aromatic N) is 1. The Balaban J connectivity index is 2.97. The molecule has 3 amide bonds. The molecule has 0 aromatic rings. The zero-order valence-corrected chi connectivity index (χ0v) is 18.7. The van der Waals surface area contributed by atoms with E-state index in [1.165, 1.54) is 5.01 Å². The van der Waals surface area contributed by atoms with Gasteiger partial charge < -0.3 is 5.32 Å². The van der Waals surface area contributed by atoms with Crippen LogP contribution in [0.2, 0.25) is 0 Å². The lowest BCUT2D eigenvalue weighted by Crippen LogP contribution is -2.61. The van der Waals surface area contributed by atoms with Crippen LogP contribution < -0.4 is 16.2 Å². The Hall–Kier alpha value is -2.00. The Kier molecular flexibility index (Phi) is 11.6. The summed E-state index contributed by atoms with van der Waals surface area (Å²) in [6.07, 6.45) is 4.54. The molecule has 0 aliphatic carbocycles. The molecule has 3 atom stereocenters. The smallest absolute Gasteiger partial charge is 0.245 e. The first-order valence-corrected chi connectivity index (χ1v) is 11.1. The highest BCUT2D eigenvalue weighted by atomic mass is 16.5. The minimum absolute atomic E-state index is 0.0444. The maximum atomic E-state index is 13.2. The summed E-state index contributed by atoms with van der Waals surface area (Å²) < 4.78 is 0. The van der Waals surface area contributed by atoms with Crippen molar-refractivity contribution in [3.63, 3.8) is 0 Å². The van der Waals surface area contributed by atoms with E-state index in [9.17, 15) is 19.2 Å². The van der Waals surface area contributed by atoms with Crippen LogP contribution in [0.3, 0.4) is 0 Å². The van der Waals surface area contributed by atoms with Crippen LogP contribution in [-0.2, 0) is 19.2 Å². The Morgan fingerprint density at radius 1 is 1.17 bits per heavy atom. The summed E-state index contributed by atoms with van der Waals surface area (Å²) in [6.45, 7) is 8.10. The van der Waals surface area contributed by atoms with Gasteiger partial charge in [0.05, 0.1) is 6.04 Å². The maximum absolute atomic E-state index is 13.2. The second-order valence-electron chi connectivity index (χ2n) is 8.26. The fraction of sp³-hybridized carbons (Fsp3) is 0.810. The van der Waals surface area contributed by atoms with Crippen LogP contribution in [0.5, 0.6) is 0 Å². The molecule has 9 heteroatoms. The van der Waals surface area contributed by atoms with Gasteiger partial charge in [-0.1, -0.05) is 47.0 Å². The number of hydrazine groups is 1. The van der Waals surface area contributed by atoms with Crippen LogP contribution in [0.4, 0.5) is 0 Å². The first-order valence-electron chi connectivity index (χ1n) is 11.1. The molecule has 1 aliphatic rings. The Morgan fingerprint density at radius 3 is 2.43 bits per heavy atom. The molecule has 172 valence electrons. The Morgan fingerprint density at radius 2 is 1.87 bits per heavy atom. The maximum Gasteiger partial charge on any atom is 0.245 e. The molecule has 0 unspecified atom stereocenters. The fourth-order valence-corrected chi connectivity index (χ4v) is 3.72. The molecule has 30 heavy (non-hydrogen) atoms. The van der Waals surface area contributed by atoms with Gasteiger partial charge >= 0.3 is 0 Å². The van der Waals surface area contributed by atoms with E-state index in [4.69, 9.17) is 5.21 Å². The van der Waals surface area contributed by atoms with Crippen molar-refractivity contribution in [3.8, 4) is 0 Å². The van der Waals surface area contributed by atoms with Gasteiger partial charge in [0.1, 0.15) is 6.04 Å². The van der Waals surface area contributed by atoms with Gasteiger partial charge in [0, 0.05) is 25.3 Å². The van der Waals surface area contributed by atoms with Crippen molar-refractivity contribution >= 4 is 23.5 Å². The molecule has 0 aromatic carbocycles. The van der Waals surface area contributed by atoms with Gasteiger partial charge in [0.2, 0.25) is 17.7 Å². The number of rotatable bonds is 12. The van der Waals surface area contributed by atoms with Gasteiger partial charge in [-0.25, -0.2) is 10.9 Å². The average molecular weight is 427 g/mol. The largest absolute Gasteiger partial charge is 0.344 e. The van der Waals surface area contributed by atoms with Crippen molar-refractivity contribution in [3.05, 3.63) is 0 Å². The van der Waals surface area contributed by atoms with Gasteiger partial charge in [-0.15, -0.1) is 0 Å². The third-order valence-corrected chi connectivity index (χ3v) is 5.51. The number of nitrogens with one attached hydrogen (secondary N) is 3. The molecule has 0 radical (unpaired) electrons. The van der Waals surface area contributed by atoms with Gasteiger partial charge in [-0.3, -0.25) is 29.4 Å². The number of hydrogen-bond donors (Lipinski definition) is 4. The van der Waals surface area contributed by atoms with E-state index < -0.39 is 23.9 Å². The van der Waals surface area contributed by atoms with E-state index in [0.717, 1.165) is 19.3 Å². The number of amides is 3. The van der Waals surface area contributed by atoms with Crippen molar-refractivity contribution in [2.24, 2.45) is 11.8 Å². The lowest BCUT2D eigenvalue weighted by molar-refractivity contribution is -0.152. The normalized spacial score (nSPS) is 18.6. The lowest BCUT2D eigenvalue weighted by atomic mass is 9.94. The quantitative estimate of drug-likeness (QED) is 0.214.